The summed E-state index contributed by atoms with van der Waals surface area (Å²) >= 11 is 1.40. The summed E-state index contributed by atoms with van der Waals surface area (Å²) in [4.78, 5) is 27.4. The number of carbonyl (C=O) groups excluding carboxylic acids is 1. The average molecular weight is 255 g/mol. The molecule has 6 nitrogen and oxygen atoms in total. The van der Waals surface area contributed by atoms with Gasteiger partial charge < -0.3 is 10.4 Å². The van der Waals surface area contributed by atoms with Crippen molar-refractivity contribution < 1.29 is 9.90 Å². The van der Waals surface area contributed by atoms with E-state index in [0.717, 1.165) is 0 Å². The van der Waals surface area contributed by atoms with Crippen LogP contribution >= 0.6 is 11.8 Å². The summed E-state index contributed by atoms with van der Waals surface area (Å²) in [6.45, 7) is 0.519. The van der Waals surface area contributed by atoms with Crippen molar-refractivity contribution in [3.63, 3.8) is 0 Å². The lowest BCUT2D eigenvalue weighted by Gasteiger charge is -2.23. The van der Waals surface area contributed by atoms with Crippen LogP contribution in [0.25, 0.3) is 0 Å². The minimum Gasteiger partial charge on any atom is -0.395 e. The Morgan fingerprint density at radius 3 is 3.29 bits per heavy atom. The van der Waals surface area contributed by atoms with Gasteiger partial charge in [-0.15, -0.1) is 0 Å². The number of thioether (sulfide) groups is 1. The Labute approximate surface area is 102 Å². The molecule has 2 N–H and O–H groups in total. The third-order valence-corrected chi connectivity index (χ3v) is 3.65. The molecule has 0 saturated heterocycles. The number of hydrogen-bond donors (Lipinski definition) is 2. The van der Waals surface area contributed by atoms with E-state index in [1.54, 1.807) is 0 Å². The predicted octanol–water partition coefficient (Wildman–Crippen LogP) is -0.926. The molecule has 1 aromatic rings. The smallest absolute Gasteiger partial charge is 0.254 e. The summed E-state index contributed by atoms with van der Waals surface area (Å²) in [5.74, 6) is 0.224. The fourth-order valence-electron chi connectivity index (χ4n) is 1.63. The van der Waals surface area contributed by atoms with Crippen molar-refractivity contribution in [2.75, 3.05) is 18.9 Å². The highest BCUT2D eigenvalue weighted by molar-refractivity contribution is 7.99. The summed E-state index contributed by atoms with van der Waals surface area (Å²) < 4.78 is 1.51. The molecule has 0 aliphatic carbocycles. The van der Waals surface area contributed by atoms with Gasteiger partial charge in [0.05, 0.1) is 12.5 Å². The third kappa shape index (κ3) is 2.67. The van der Waals surface area contributed by atoms with Gasteiger partial charge in [0.1, 0.15) is 0 Å². The number of nitrogens with zero attached hydrogens (tertiary/aromatic N) is 2. The molecule has 1 atom stereocenters. The first-order valence-corrected chi connectivity index (χ1v) is 6.28. The van der Waals surface area contributed by atoms with E-state index in [1.165, 1.54) is 28.6 Å². The Balaban J connectivity index is 2.10. The van der Waals surface area contributed by atoms with Crippen molar-refractivity contribution in [3.05, 3.63) is 22.6 Å². The molecule has 0 aromatic carbocycles. The predicted molar refractivity (Wildman–Crippen MR) is 62.8 cm³/mol. The van der Waals surface area contributed by atoms with Gasteiger partial charge in [0.2, 0.25) is 5.91 Å². The highest BCUT2D eigenvalue weighted by Crippen LogP contribution is 2.24. The molecule has 0 fully saturated rings. The second-order valence-electron chi connectivity index (χ2n) is 3.70. The van der Waals surface area contributed by atoms with Crippen LogP contribution in [0, 0.1) is 5.92 Å². The van der Waals surface area contributed by atoms with E-state index in [1.807, 2.05) is 0 Å². The summed E-state index contributed by atoms with van der Waals surface area (Å²) in [7, 11) is 0. The van der Waals surface area contributed by atoms with Gasteiger partial charge in [0.25, 0.3) is 5.56 Å². The van der Waals surface area contributed by atoms with Crippen molar-refractivity contribution in [1.29, 1.82) is 0 Å². The minimum absolute atomic E-state index is 0.0797. The first-order valence-electron chi connectivity index (χ1n) is 5.29. The van der Waals surface area contributed by atoms with Gasteiger partial charge in [-0.25, -0.2) is 4.98 Å². The van der Waals surface area contributed by atoms with Gasteiger partial charge in [-0.05, 0) is 0 Å². The van der Waals surface area contributed by atoms with Crippen molar-refractivity contribution in [2.24, 2.45) is 5.92 Å². The van der Waals surface area contributed by atoms with Crippen LogP contribution in [0.1, 0.15) is 0 Å². The van der Waals surface area contributed by atoms with Gasteiger partial charge in [0.15, 0.2) is 5.16 Å². The van der Waals surface area contributed by atoms with Crippen molar-refractivity contribution in [1.82, 2.24) is 14.9 Å². The Kier molecular flexibility index (Phi) is 3.80. The lowest BCUT2D eigenvalue weighted by atomic mass is 10.1. The maximum atomic E-state index is 11.7. The monoisotopic (exact) mass is 255 g/mol. The number of nitrogens with one attached hydrogen (secondary N) is 1. The van der Waals surface area contributed by atoms with E-state index in [2.05, 4.69) is 10.3 Å². The van der Waals surface area contributed by atoms with Crippen LogP contribution in [0.15, 0.2) is 22.2 Å². The van der Waals surface area contributed by atoms with E-state index < -0.39 is 0 Å². The summed E-state index contributed by atoms with van der Waals surface area (Å²) in [6.07, 6.45) is 1.48. The zero-order chi connectivity index (χ0) is 12.3. The first kappa shape index (κ1) is 12.1. The number of aliphatic hydroxyl groups is 1. The van der Waals surface area contributed by atoms with Crippen molar-refractivity contribution >= 4 is 17.7 Å². The van der Waals surface area contributed by atoms with E-state index >= 15 is 0 Å². The van der Waals surface area contributed by atoms with Crippen LogP contribution < -0.4 is 10.9 Å². The topological polar surface area (TPSA) is 84.2 Å². The molecule has 17 heavy (non-hydrogen) atoms. The van der Waals surface area contributed by atoms with E-state index in [0.29, 0.717) is 17.5 Å². The van der Waals surface area contributed by atoms with Crippen LogP contribution in [-0.4, -0.2) is 39.5 Å². The molecule has 92 valence electrons. The van der Waals surface area contributed by atoms with Gasteiger partial charge in [-0.2, -0.15) is 0 Å². The van der Waals surface area contributed by atoms with Crippen LogP contribution in [0.4, 0.5) is 0 Å². The summed E-state index contributed by atoms with van der Waals surface area (Å²) in [5.41, 5.74) is -0.137. The number of fused-ring (bicyclic) bond motifs is 1. The lowest BCUT2D eigenvalue weighted by Crippen LogP contribution is -2.40. The van der Waals surface area contributed by atoms with Crippen LogP contribution in [-0.2, 0) is 11.3 Å². The molecule has 1 unspecified atom stereocenters. The lowest BCUT2D eigenvalue weighted by molar-refractivity contribution is -0.125. The minimum atomic E-state index is -0.249. The standard InChI is InChI=1S/C10H13N3O3S/c14-4-3-11-9(16)7-5-13-8(15)1-2-12-10(13)17-6-7/h1-2,7,14H,3-6H2,(H,11,16). The molecule has 1 amide bonds. The number of rotatable bonds is 3. The molecule has 0 radical (unpaired) electrons. The van der Waals surface area contributed by atoms with E-state index in [9.17, 15) is 9.59 Å². The van der Waals surface area contributed by atoms with Gasteiger partial charge in [-0.1, -0.05) is 11.8 Å². The van der Waals surface area contributed by atoms with Crippen LogP contribution in [0.5, 0.6) is 0 Å². The molecule has 7 heteroatoms. The number of amides is 1. The number of carbonyl (C=O) groups is 1. The van der Waals surface area contributed by atoms with Gasteiger partial charge in [-0.3, -0.25) is 14.2 Å². The molecule has 1 aliphatic heterocycles. The van der Waals surface area contributed by atoms with Crippen LogP contribution in [0.2, 0.25) is 0 Å². The maximum Gasteiger partial charge on any atom is 0.254 e. The number of aromatic nitrogens is 2. The fraction of sp³-hybridized carbons (Fsp3) is 0.500. The maximum absolute atomic E-state index is 11.7. The zero-order valence-electron chi connectivity index (χ0n) is 9.13. The molecule has 1 aromatic heterocycles. The van der Waals surface area contributed by atoms with E-state index in [-0.39, 0.29) is 30.5 Å². The molecule has 0 spiro atoms. The highest BCUT2D eigenvalue weighted by atomic mass is 32.2. The molecular formula is C10H13N3O3S. The Hall–Kier alpha value is -1.34. The quantitative estimate of drug-likeness (QED) is 0.682. The molecule has 2 heterocycles. The summed E-state index contributed by atoms with van der Waals surface area (Å²) in [6, 6.07) is 1.39. The third-order valence-electron chi connectivity index (χ3n) is 2.50. The molecule has 0 saturated carbocycles. The largest absolute Gasteiger partial charge is 0.395 e. The van der Waals surface area contributed by atoms with Crippen molar-refractivity contribution in [3.8, 4) is 0 Å². The second-order valence-corrected chi connectivity index (χ2v) is 4.69. The fourth-order valence-corrected chi connectivity index (χ4v) is 2.70. The number of aliphatic hydroxyl groups excluding tert-OH is 1. The van der Waals surface area contributed by atoms with Gasteiger partial charge in [0, 0.05) is 31.1 Å². The molecule has 2 rings (SSSR count). The number of hydrogen-bond acceptors (Lipinski definition) is 5. The first-order chi connectivity index (χ1) is 8.22. The Bertz CT molecular complexity index is 474. The van der Waals surface area contributed by atoms with Crippen LogP contribution in [0.3, 0.4) is 0 Å². The highest BCUT2D eigenvalue weighted by Gasteiger charge is 2.25. The second kappa shape index (κ2) is 5.33. The Morgan fingerprint density at radius 1 is 1.71 bits per heavy atom. The normalized spacial score (nSPS) is 18.5. The molecule has 1 aliphatic rings. The summed E-state index contributed by atoms with van der Waals surface area (Å²) in [5, 5.41) is 11.9. The molecule has 0 bridgehead atoms. The SMILES string of the molecule is O=C(NCCO)C1CSc2nccc(=O)n2C1. The Morgan fingerprint density at radius 2 is 2.53 bits per heavy atom. The van der Waals surface area contributed by atoms with Gasteiger partial charge >= 0.3 is 0 Å². The average Bonchev–Trinajstić information content (AvgIpc) is 2.36. The zero-order valence-corrected chi connectivity index (χ0v) is 9.94. The van der Waals surface area contributed by atoms with Crippen molar-refractivity contribution in [2.45, 2.75) is 11.7 Å². The van der Waals surface area contributed by atoms with E-state index in [4.69, 9.17) is 5.11 Å². The molecular weight excluding hydrogens is 242 g/mol.